The molecule has 2 aromatic carbocycles. The molecule has 0 bridgehead atoms. The van der Waals surface area contributed by atoms with E-state index in [0.29, 0.717) is 11.4 Å². The molecule has 2 N–H and O–H groups in total. The van der Waals surface area contributed by atoms with Crippen LogP contribution in [0.2, 0.25) is 5.02 Å². The second-order valence-corrected chi connectivity index (χ2v) is 4.38. The van der Waals surface area contributed by atoms with Crippen LogP contribution < -0.4 is 10.5 Å². The zero-order valence-corrected chi connectivity index (χ0v) is 10.8. The normalized spacial score (nSPS) is 10.2. The number of anilines is 1. The van der Waals surface area contributed by atoms with Gasteiger partial charge in [0.1, 0.15) is 5.75 Å². The van der Waals surface area contributed by atoms with E-state index in [1.165, 1.54) is 18.2 Å². The van der Waals surface area contributed by atoms with E-state index in [9.17, 15) is 10.1 Å². The summed E-state index contributed by atoms with van der Waals surface area (Å²) in [6, 6.07) is 9.41. The van der Waals surface area contributed by atoms with Gasteiger partial charge in [-0.3, -0.25) is 10.1 Å². The van der Waals surface area contributed by atoms with Crippen molar-refractivity contribution in [1.82, 2.24) is 0 Å². The van der Waals surface area contributed by atoms with E-state index in [1.807, 2.05) is 0 Å². The molecule has 2 rings (SSSR count). The highest BCUT2D eigenvalue weighted by atomic mass is 35.5. The molecule has 0 unspecified atom stereocenters. The first kappa shape index (κ1) is 13.2. The third-order valence-corrected chi connectivity index (χ3v) is 2.85. The molecule has 0 aromatic heterocycles. The highest BCUT2D eigenvalue weighted by molar-refractivity contribution is 6.32. The third-order valence-electron chi connectivity index (χ3n) is 2.55. The van der Waals surface area contributed by atoms with Gasteiger partial charge in [0.25, 0.3) is 0 Å². The number of nitrogen functional groups attached to an aromatic ring is 1. The van der Waals surface area contributed by atoms with Gasteiger partial charge in [0.15, 0.2) is 0 Å². The number of nitro benzene ring substituents is 1. The molecule has 0 spiro atoms. The summed E-state index contributed by atoms with van der Waals surface area (Å²) in [7, 11) is 0. The fraction of sp³-hybridized carbons (Fsp3) is 0.0769. The molecule has 0 amide bonds. The Morgan fingerprint density at radius 2 is 2.05 bits per heavy atom. The van der Waals surface area contributed by atoms with Crippen LogP contribution in [0.25, 0.3) is 0 Å². The predicted octanol–water partition coefficient (Wildman–Crippen LogP) is 3.93. The minimum absolute atomic E-state index is 0.0297. The summed E-state index contributed by atoms with van der Waals surface area (Å²) in [6.45, 7) is 1.80. The van der Waals surface area contributed by atoms with E-state index >= 15 is 0 Å². The van der Waals surface area contributed by atoms with Crippen molar-refractivity contribution in [3.8, 4) is 11.5 Å². The van der Waals surface area contributed by atoms with Gasteiger partial charge in [0.05, 0.1) is 9.95 Å². The first-order valence-corrected chi connectivity index (χ1v) is 5.83. The molecule has 0 radical (unpaired) electrons. The van der Waals surface area contributed by atoms with Crippen molar-refractivity contribution < 1.29 is 9.66 Å². The number of benzene rings is 2. The predicted molar refractivity (Wildman–Crippen MR) is 73.8 cm³/mol. The van der Waals surface area contributed by atoms with Gasteiger partial charge in [0.2, 0.25) is 5.75 Å². The summed E-state index contributed by atoms with van der Waals surface area (Å²) < 4.78 is 5.56. The summed E-state index contributed by atoms with van der Waals surface area (Å²) in [5.74, 6) is 0.507. The number of nitrogens with two attached hydrogens (primary N) is 1. The number of nitro groups is 1. The molecule has 6 heteroatoms. The molecule has 19 heavy (non-hydrogen) atoms. The lowest BCUT2D eigenvalue weighted by Gasteiger charge is -2.10. The first-order valence-electron chi connectivity index (χ1n) is 5.46. The van der Waals surface area contributed by atoms with E-state index in [4.69, 9.17) is 22.1 Å². The van der Waals surface area contributed by atoms with Crippen LogP contribution in [0.1, 0.15) is 5.56 Å². The topological polar surface area (TPSA) is 78.4 Å². The molecule has 0 saturated heterocycles. The lowest BCUT2D eigenvalue weighted by molar-refractivity contribution is -0.385. The van der Waals surface area contributed by atoms with E-state index in [1.54, 1.807) is 25.1 Å². The number of hydrogen-bond acceptors (Lipinski definition) is 4. The minimum Gasteiger partial charge on any atom is -0.448 e. The monoisotopic (exact) mass is 278 g/mol. The smallest absolute Gasteiger partial charge is 0.313 e. The van der Waals surface area contributed by atoms with E-state index in [0.717, 1.165) is 5.56 Å². The van der Waals surface area contributed by atoms with Gasteiger partial charge in [-0.25, -0.2) is 0 Å². The first-order chi connectivity index (χ1) is 8.99. The third kappa shape index (κ3) is 2.77. The lowest BCUT2D eigenvalue weighted by Crippen LogP contribution is -1.96. The van der Waals surface area contributed by atoms with E-state index in [2.05, 4.69) is 0 Å². The maximum atomic E-state index is 11.0. The molecule has 0 aliphatic heterocycles. The number of rotatable bonds is 3. The molecule has 5 nitrogen and oxygen atoms in total. The number of aryl methyl sites for hydroxylation is 1. The zero-order valence-electron chi connectivity index (χ0n) is 10.1. The number of hydrogen-bond donors (Lipinski definition) is 1. The van der Waals surface area contributed by atoms with Crippen LogP contribution in [0.4, 0.5) is 11.4 Å². The molecule has 2 aromatic rings. The van der Waals surface area contributed by atoms with Gasteiger partial charge in [-0.2, -0.15) is 0 Å². The Bertz CT molecular complexity index is 644. The van der Waals surface area contributed by atoms with Gasteiger partial charge in [-0.05, 0) is 36.8 Å². The number of halogens is 1. The van der Waals surface area contributed by atoms with Crippen molar-refractivity contribution in [2.24, 2.45) is 0 Å². The molecule has 0 fully saturated rings. The average Bonchev–Trinajstić information content (AvgIpc) is 2.34. The van der Waals surface area contributed by atoms with E-state index < -0.39 is 4.92 Å². The second kappa shape index (κ2) is 5.16. The Labute approximate surface area is 114 Å². The van der Waals surface area contributed by atoms with Gasteiger partial charge in [0, 0.05) is 11.8 Å². The van der Waals surface area contributed by atoms with Crippen molar-refractivity contribution in [2.75, 3.05) is 5.73 Å². The van der Waals surface area contributed by atoms with Crippen LogP contribution in [0.5, 0.6) is 11.5 Å². The van der Waals surface area contributed by atoms with Crippen LogP contribution in [0.3, 0.4) is 0 Å². The van der Waals surface area contributed by atoms with Crippen molar-refractivity contribution >= 4 is 23.0 Å². The Hall–Kier alpha value is -2.27. The molecular weight excluding hydrogens is 268 g/mol. The van der Waals surface area contributed by atoms with Crippen LogP contribution in [-0.2, 0) is 0 Å². The number of ether oxygens (including phenoxy) is 1. The van der Waals surface area contributed by atoms with Crippen molar-refractivity contribution in [1.29, 1.82) is 0 Å². The molecule has 98 valence electrons. The molecule has 0 atom stereocenters. The van der Waals surface area contributed by atoms with Gasteiger partial charge >= 0.3 is 5.69 Å². The fourth-order valence-electron chi connectivity index (χ4n) is 1.64. The number of para-hydroxylation sites is 1. The number of nitrogens with zero attached hydrogens (tertiary/aromatic N) is 1. The van der Waals surface area contributed by atoms with Gasteiger partial charge < -0.3 is 10.5 Å². The maximum Gasteiger partial charge on any atom is 0.313 e. The van der Waals surface area contributed by atoms with Crippen molar-refractivity contribution in [2.45, 2.75) is 6.92 Å². The molecular formula is C13H11ClN2O3. The van der Waals surface area contributed by atoms with Crippen LogP contribution in [0, 0.1) is 17.0 Å². The zero-order chi connectivity index (χ0) is 14.0. The van der Waals surface area contributed by atoms with Crippen LogP contribution in [-0.4, -0.2) is 4.92 Å². The standard InChI is InChI=1S/C13H11ClN2O3/c1-8-7-9(15)5-6-12(8)19-13-10(14)3-2-4-11(13)16(17)18/h2-7H,15H2,1H3. The van der Waals surface area contributed by atoms with E-state index in [-0.39, 0.29) is 16.5 Å². The van der Waals surface area contributed by atoms with Crippen molar-refractivity contribution in [3.63, 3.8) is 0 Å². The average molecular weight is 279 g/mol. The fourth-order valence-corrected chi connectivity index (χ4v) is 1.85. The highest BCUT2D eigenvalue weighted by Gasteiger charge is 2.19. The molecule has 0 saturated carbocycles. The largest absolute Gasteiger partial charge is 0.448 e. The lowest BCUT2D eigenvalue weighted by atomic mass is 10.2. The summed E-state index contributed by atoms with van der Waals surface area (Å²) >= 11 is 5.95. The maximum absolute atomic E-state index is 11.0. The molecule has 0 aliphatic carbocycles. The van der Waals surface area contributed by atoms with Gasteiger partial charge in [-0.1, -0.05) is 17.7 Å². The second-order valence-electron chi connectivity index (χ2n) is 3.97. The summed E-state index contributed by atoms with van der Waals surface area (Å²) in [5, 5.41) is 11.1. The SMILES string of the molecule is Cc1cc(N)ccc1Oc1c(Cl)cccc1[N+](=O)[O-]. The summed E-state index contributed by atoms with van der Waals surface area (Å²) in [4.78, 5) is 10.4. The van der Waals surface area contributed by atoms with Crippen LogP contribution in [0.15, 0.2) is 36.4 Å². The Balaban J connectivity index is 2.46. The Morgan fingerprint density at radius 3 is 2.68 bits per heavy atom. The minimum atomic E-state index is -0.534. The van der Waals surface area contributed by atoms with Gasteiger partial charge in [-0.15, -0.1) is 0 Å². The van der Waals surface area contributed by atoms with Crippen molar-refractivity contribution in [3.05, 3.63) is 57.1 Å². The van der Waals surface area contributed by atoms with Crippen LogP contribution >= 0.6 is 11.6 Å². The summed E-state index contributed by atoms with van der Waals surface area (Å²) in [5.41, 5.74) is 6.83. The summed E-state index contributed by atoms with van der Waals surface area (Å²) in [6.07, 6.45) is 0. The highest BCUT2D eigenvalue weighted by Crippen LogP contribution is 2.38. The molecule has 0 aliphatic rings. The Kier molecular flexibility index (Phi) is 3.57. The molecule has 0 heterocycles. The quantitative estimate of drug-likeness (QED) is 0.524. The Morgan fingerprint density at radius 1 is 1.32 bits per heavy atom.